The number of hydrogen-bond acceptors (Lipinski definition) is 5. The molecule has 5 heteroatoms. The van der Waals surface area contributed by atoms with Crippen molar-refractivity contribution in [1.82, 2.24) is 15.0 Å². The fourth-order valence-corrected chi connectivity index (χ4v) is 2.46. The number of nitrogens with zero attached hydrogens (tertiary/aromatic N) is 3. The Kier molecular flexibility index (Phi) is 2.55. The molecule has 1 atom stereocenters. The number of hydrogen-bond donors (Lipinski definition) is 1. The summed E-state index contributed by atoms with van der Waals surface area (Å²) < 4.78 is 1.14. The van der Waals surface area contributed by atoms with E-state index in [1.54, 1.807) is 36.1 Å². The van der Waals surface area contributed by atoms with Crippen LogP contribution in [-0.2, 0) is 0 Å². The first kappa shape index (κ1) is 10.3. The van der Waals surface area contributed by atoms with Crippen LogP contribution < -0.4 is 5.73 Å². The van der Waals surface area contributed by atoms with Crippen LogP contribution in [0, 0.1) is 0 Å². The molecule has 0 radical (unpaired) electrons. The second-order valence-electron chi connectivity index (χ2n) is 3.68. The average Bonchev–Trinajstić information content (AvgIpc) is 2.86. The highest BCUT2D eigenvalue weighted by molar-refractivity contribution is 7.17. The SMILES string of the molecule is NC(c1cnc2ccsc2c1)c1cnccn1. The summed E-state index contributed by atoms with van der Waals surface area (Å²) in [4.78, 5) is 12.6. The van der Waals surface area contributed by atoms with Crippen molar-refractivity contribution in [3.63, 3.8) is 0 Å². The predicted octanol–water partition coefficient (Wildman–Crippen LogP) is 2.13. The number of pyridine rings is 1. The smallest absolute Gasteiger partial charge is 0.0809 e. The van der Waals surface area contributed by atoms with Gasteiger partial charge in [0.15, 0.2) is 0 Å². The molecule has 2 N–H and O–H groups in total. The zero-order valence-electron chi connectivity index (χ0n) is 8.95. The fourth-order valence-electron chi connectivity index (χ4n) is 1.67. The summed E-state index contributed by atoms with van der Waals surface area (Å²) in [6.07, 6.45) is 6.76. The Balaban J connectivity index is 2.03. The minimum atomic E-state index is -0.275. The summed E-state index contributed by atoms with van der Waals surface area (Å²) >= 11 is 1.66. The molecule has 0 aromatic carbocycles. The first-order valence-corrected chi connectivity index (χ1v) is 6.07. The molecule has 17 heavy (non-hydrogen) atoms. The highest BCUT2D eigenvalue weighted by atomic mass is 32.1. The van der Waals surface area contributed by atoms with Gasteiger partial charge in [-0.15, -0.1) is 11.3 Å². The molecule has 84 valence electrons. The van der Waals surface area contributed by atoms with E-state index in [-0.39, 0.29) is 6.04 Å². The van der Waals surface area contributed by atoms with Crippen LogP contribution in [0.4, 0.5) is 0 Å². The summed E-state index contributed by atoms with van der Waals surface area (Å²) in [5.74, 6) is 0. The van der Waals surface area contributed by atoms with Gasteiger partial charge >= 0.3 is 0 Å². The van der Waals surface area contributed by atoms with Crippen LogP contribution in [0.15, 0.2) is 42.3 Å². The summed E-state index contributed by atoms with van der Waals surface area (Å²) in [6, 6.07) is 3.78. The summed E-state index contributed by atoms with van der Waals surface area (Å²) in [5.41, 5.74) is 8.86. The van der Waals surface area contributed by atoms with Crippen molar-refractivity contribution in [2.75, 3.05) is 0 Å². The summed E-state index contributed by atoms with van der Waals surface area (Å²) in [5, 5.41) is 2.02. The van der Waals surface area contributed by atoms with Gasteiger partial charge in [-0.1, -0.05) is 0 Å². The van der Waals surface area contributed by atoms with Crippen molar-refractivity contribution in [2.45, 2.75) is 6.04 Å². The number of aromatic nitrogens is 3. The standard InChI is InChI=1S/C12H10N4S/c13-12(10-7-14-2-3-15-10)8-5-11-9(16-6-8)1-4-17-11/h1-7,12H,13H2. The molecule has 0 amide bonds. The zero-order chi connectivity index (χ0) is 11.7. The first-order valence-electron chi connectivity index (χ1n) is 5.19. The van der Waals surface area contributed by atoms with E-state index < -0.39 is 0 Å². The molecule has 0 fully saturated rings. The molecule has 3 aromatic heterocycles. The van der Waals surface area contributed by atoms with Crippen molar-refractivity contribution < 1.29 is 0 Å². The van der Waals surface area contributed by atoms with Crippen molar-refractivity contribution in [2.24, 2.45) is 5.73 Å². The number of thiophene rings is 1. The lowest BCUT2D eigenvalue weighted by Crippen LogP contribution is -2.13. The molecule has 0 aliphatic heterocycles. The van der Waals surface area contributed by atoms with Gasteiger partial charge in [0, 0.05) is 18.6 Å². The lowest BCUT2D eigenvalue weighted by Gasteiger charge is -2.10. The maximum Gasteiger partial charge on any atom is 0.0809 e. The largest absolute Gasteiger partial charge is 0.319 e. The van der Waals surface area contributed by atoms with Crippen molar-refractivity contribution >= 4 is 21.6 Å². The van der Waals surface area contributed by atoms with E-state index in [4.69, 9.17) is 5.73 Å². The van der Waals surface area contributed by atoms with Crippen LogP contribution in [0.3, 0.4) is 0 Å². The maximum atomic E-state index is 6.14. The molecule has 0 saturated carbocycles. The van der Waals surface area contributed by atoms with Crippen LogP contribution in [-0.4, -0.2) is 15.0 Å². The van der Waals surface area contributed by atoms with E-state index in [1.807, 2.05) is 11.4 Å². The van der Waals surface area contributed by atoms with Gasteiger partial charge < -0.3 is 5.73 Å². The van der Waals surface area contributed by atoms with Crippen LogP contribution in [0.2, 0.25) is 0 Å². The Morgan fingerprint density at radius 1 is 1.18 bits per heavy atom. The predicted molar refractivity (Wildman–Crippen MR) is 67.7 cm³/mol. The Morgan fingerprint density at radius 3 is 2.94 bits per heavy atom. The quantitative estimate of drug-likeness (QED) is 0.747. The average molecular weight is 242 g/mol. The van der Waals surface area contributed by atoms with Crippen molar-refractivity contribution in [3.8, 4) is 0 Å². The second-order valence-corrected chi connectivity index (χ2v) is 4.63. The molecular formula is C12H10N4S. The van der Waals surface area contributed by atoms with Gasteiger partial charge in [0.1, 0.15) is 0 Å². The van der Waals surface area contributed by atoms with E-state index in [9.17, 15) is 0 Å². The van der Waals surface area contributed by atoms with Gasteiger partial charge in [-0.05, 0) is 23.1 Å². The minimum Gasteiger partial charge on any atom is -0.319 e. The summed E-state index contributed by atoms with van der Waals surface area (Å²) in [6.45, 7) is 0. The van der Waals surface area contributed by atoms with Gasteiger partial charge in [0.2, 0.25) is 0 Å². The molecule has 1 unspecified atom stereocenters. The Morgan fingerprint density at radius 2 is 2.12 bits per heavy atom. The van der Waals surface area contributed by atoms with E-state index in [1.165, 1.54) is 0 Å². The van der Waals surface area contributed by atoms with Gasteiger partial charge in [-0.2, -0.15) is 0 Å². The Bertz CT molecular complexity index is 635. The van der Waals surface area contributed by atoms with Crippen LogP contribution >= 0.6 is 11.3 Å². The Hall–Kier alpha value is -1.85. The number of rotatable bonds is 2. The third-order valence-corrected chi connectivity index (χ3v) is 3.44. The molecule has 0 spiro atoms. The number of nitrogens with two attached hydrogens (primary N) is 1. The third kappa shape index (κ3) is 1.90. The minimum absolute atomic E-state index is 0.275. The fraction of sp³-hybridized carbons (Fsp3) is 0.0833. The van der Waals surface area contributed by atoms with E-state index >= 15 is 0 Å². The normalized spacial score (nSPS) is 12.8. The molecule has 3 aromatic rings. The van der Waals surface area contributed by atoms with E-state index in [0.29, 0.717) is 0 Å². The lowest BCUT2D eigenvalue weighted by molar-refractivity contribution is 0.815. The molecule has 3 rings (SSSR count). The topological polar surface area (TPSA) is 64.7 Å². The van der Waals surface area contributed by atoms with Gasteiger partial charge in [-0.25, -0.2) is 0 Å². The van der Waals surface area contributed by atoms with E-state index in [2.05, 4.69) is 21.0 Å². The monoisotopic (exact) mass is 242 g/mol. The molecule has 0 saturated heterocycles. The highest BCUT2D eigenvalue weighted by Gasteiger charge is 2.11. The van der Waals surface area contributed by atoms with Crippen LogP contribution in [0.25, 0.3) is 10.2 Å². The molecular weight excluding hydrogens is 232 g/mol. The van der Waals surface area contributed by atoms with Gasteiger partial charge in [0.05, 0.1) is 28.1 Å². The number of fused-ring (bicyclic) bond motifs is 1. The zero-order valence-corrected chi connectivity index (χ0v) is 9.76. The van der Waals surface area contributed by atoms with Crippen LogP contribution in [0.1, 0.15) is 17.3 Å². The van der Waals surface area contributed by atoms with Crippen molar-refractivity contribution in [3.05, 3.63) is 53.6 Å². The second kappa shape index (κ2) is 4.20. The maximum absolute atomic E-state index is 6.14. The Labute approximate surface area is 102 Å². The highest BCUT2D eigenvalue weighted by Crippen LogP contribution is 2.23. The molecule has 0 aliphatic carbocycles. The van der Waals surface area contributed by atoms with Crippen LogP contribution in [0.5, 0.6) is 0 Å². The third-order valence-electron chi connectivity index (χ3n) is 2.58. The molecule has 0 bridgehead atoms. The van der Waals surface area contributed by atoms with Crippen molar-refractivity contribution in [1.29, 1.82) is 0 Å². The van der Waals surface area contributed by atoms with Gasteiger partial charge in [-0.3, -0.25) is 15.0 Å². The molecule has 0 aliphatic rings. The lowest BCUT2D eigenvalue weighted by atomic mass is 10.1. The van der Waals surface area contributed by atoms with Gasteiger partial charge in [0.25, 0.3) is 0 Å². The van der Waals surface area contributed by atoms with E-state index in [0.717, 1.165) is 21.5 Å². The molecule has 3 heterocycles. The molecule has 4 nitrogen and oxygen atoms in total. The summed E-state index contributed by atoms with van der Waals surface area (Å²) in [7, 11) is 0. The first-order chi connectivity index (χ1) is 8.34.